The number of thiol groups is 1. The van der Waals surface area contributed by atoms with Gasteiger partial charge in [-0.25, -0.2) is 0 Å². The van der Waals surface area contributed by atoms with Crippen LogP contribution in [0.2, 0.25) is 0 Å². The Hall–Kier alpha value is -1.98. The van der Waals surface area contributed by atoms with E-state index >= 15 is 0 Å². The number of carbonyl (C=O) groups excluding carboxylic acids is 1. The highest BCUT2D eigenvalue weighted by molar-refractivity contribution is 7.81. The molecule has 0 heterocycles. The molecule has 1 unspecified atom stereocenters. The third kappa shape index (κ3) is 6.80. The molecule has 2 aromatic carbocycles. The van der Waals surface area contributed by atoms with Gasteiger partial charge in [-0.2, -0.15) is 12.6 Å². The number of carbonyl (C=O) groups is 1. The zero-order chi connectivity index (χ0) is 18.2. The molecule has 0 aliphatic rings. The van der Waals surface area contributed by atoms with Gasteiger partial charge in [-0.1, -0.05) is 32.0 Å². The summed E-state index contributed by atoms with van der Waals surface area (Å²) in [6.07, 6.45) is 0. The van der Waals surface area contributed by atoms with Crippen LogP contribution in [0.25, 0.3) is 0 Å². The topological polar surface area (TPSA) is 47.6 Å². The predicted molar refractivity (Wildman–Crippen MR) is 105 cm³/mol. The highest BCUT2D eigenvalue weighted by atomic mass is 32.1. The third-order valence-corrected chi connectivity index (χ3v) is 3.65. The smallest absolute Gasteiger partial charge is 0.160 e. The second-order valence-electron chi connectivity index (χ2n) is 6.21. The Labute approximate surface area is 155 Å². The molecule has 1 atom stereocenters. The number of benzene rings is 2. The van der Waals surface area contributed by atoms with Gasteiger partial charge in [0.1, 0.15) is 18.1 Å². The first-order valence-electron chi connectivity index (χ1n) is 8.36. The molecule has 25 heavy (non-hydrogen) atoms. The summed E-state index contributed by atoms with van der Waals surface area (Å²) in [5, 5.41) is 3.29. The Morgan fingerprint density at radius 3 is 2.44 bits per heavy atom. The van der Waals surface area contributed by atoms with E-state index in [4.69, 9.17) is 9.47 Å². The van der Waals surface area contributed by atoms with E-state index in [2.05, 4.69) is 17.9 Å². The Morgan fingerprint density at radius 2 is 1.80 bits per heavy atom. The molecule has 134 valence electrons. The van der Waals surface area contributed by atoms with Gasteiger partial charge in [-0.3, -0.25) is 4.79 Å². The number of nitrogens with one attached hydrogen (secondary N) is 1. The molecular formula is C20H25NO3S. The van der Waals surface area contributed by atoms with Crippen LogP contribution in [0, 0.1) is 5.92 Å². The average Bonchev–Trinajstić information content (AvgIpc) is 2.56. The lowest BCUT2D eigenvalue weighted by atomic mass is 10.1. The van der Waals surface area contributed by atoms with Crippen molar-refractivity contribution >= 4 is 24.1 Å². The molecule has 0 amide bonds. The Balaban J connectivity index is 1.89. The first-order chi connectivity index (χ1) is 11.9. The van der Waals surface area contributed by atoms with Crippen LogP contribution < -0.4 is 10.1 Å². The van der Waals surface area contributed by atoms with Crippen molar-refractivity contribution in [2.24, 2.45) is 5.92 Å². The van der Waals surface area contributed by atoms with Crippen molar-refractivity contribution in [3.63, 3.8) is 0 Å². The molecule has 2 rings (SSSR count). The Bertz CT molecular complexity index is 684. The predicted octanol–water partition coefficient (Wildman–Crippen LogP) is 4.91. The molecular weight excluding hydrogens is 334 g/mol. The van der Waals surface area contributed by atoms with Crippen molar-refractivity contribution in [1.82, 2.24) is 0 Å². The van der Waals surface area contributed by atoms with Crippen LogP contribution in [0.1, 0.15) is 26.3 Å². The van der Waals surface area contributed by atoms with E-state index in [-0.39, 0.29) is 23.7 Å². The maximum absolute atomic E-state index is 11.5. The van der Waals surface area contributed by atoms with E-state index in [0.717, 1.165) is 22.7 Å². The number of ether oxygens (including phenoxy) is 2. The van der Waals surface area contributed by atoms with Crippen LogP contribution >= 0.6 is 12.6 Å². The quantitative estimate of drug-likeness (QED) is 0.493. The van der Waals surface area contributed by atoms with Gasteiger partial charge in [0.2, 0.25) is 0 Å². The monoisotopic (exact) mass is 359 g/mol. The summed E-state index contributed by atoms with van der Waals surface area (Å²) in [5.41, 5.74) is 1.96. The summed E-state index contributed by atoms with van der Waals surface area (Å²) in [7, 11) is 0. The van der Waals surface area contributed by atoms with Crippen molar-refractivity contribution in [3.8, 4) is 11.5 Å². The number of hydrogen-bond donors (Lipinski definition) is 2. The molecule has 0 fully saturated rings. The largest absolute Gasteiger partial charge is 0.457 e. The molecule has 0 aliphatic carbocycles. The second kappa shape index (κ2) is 9.49. The summed E-state index contributed by atoms with van der Waals surface area (Å²) >= 11 is 4.32. The van der Waals surface area contributed by atoms with E-state index in [1.54, 1.807) is 0 Å². The van der Waals surface area contributed by atoms with E-state index in [0.29, 0.717) is 6.61 Å². The lowest BCUT2D eigenvalue weighted by molar-refractivity contribution is -0.126. The van der Waals surface area contributed by atoms with Gasteiger partial charge in [0.15, 0.2) is 5.78 Å². The molecule has 0 radical (unpaired) electrons. The minimum absolute atomic E-state index is 0.00608. The van der Waals surface area contributed by atoms with E-state index < -0.39 is 0 Å². The van der Waals surface area contributed by atoms with Crippen LogP contribution in [0.15, 0.2) is 48.5 Å². The number of hydrogen-bond acceptors (Lipinski definition) is 5. The molecule has 0 bridgehead atoms. The molecule has 0 aliphatic heterocycles. The highest BCUT2D eigenvalue weighted by Gasteiger charge is 2.07. The van der Waals surface area contributed by atoms with Gasteiger partial charge in [0.25, 0.3) is 0 Å². The van der Waals surface area contributed by atoms with Gasteiger partial charge in [-0.15, -0.1) is 0 Å². The second-order valence-corrected chi connectivity index (χ2v) is 6.98. The molecule has 0 saturated heterocycles. The lowest BCUT2D eigenvalue weighted by Crippen LogP contribution is -2.14. The molecule has 1 N–H and O–H groups in total. The van der Waals surface area contributed by atoms with Gasteiger partial charge < -0.3 is 14.8 Å². The molecule has 0 spiro atoms. The van der Waals surface area contributed by atoms with Crippen LogP contribution in [0.3, 0.4) is 0 Å². The fourth-order valence-corrected chi connectivity index (χ4v) is 2.27. The van der Waals surface area contributed by atoms with E-state index in [9.17, 15) is 4.79 Å². The van der Waals surface area contributed by atoms with E-state index in [1.807, 2.05) is 69.3 Å². The molecule has 2 aromatic rings. The van der Waals surface area contributed by atoms with Crippen molar-refractivity contribution in [2.75, 3.05) is 11.9 Å². The third-order valence-electron chi connectivity index (χ3n) is 3.53. The lowest BCUT2D eigenvalue weighted by Gasteiger charge is -2.12. The average molecular weight is 359 g/mol. The Morgan fingerprint density at radius 1 is 1.08 bits per heavy atom. The van der Waals surface area contributed by atoms with Gasteiger partial charge >= 0.3 is 0 Å². The van der Waals surface area contributed by atoms with Crippen LogP contribution in [-0.2, 0) is 16.1 Å². The fourth-order valence-electron chi connectivity index (χ4n) is 2.12. The standard InChI is InChI=1S/C20H25NO3S/c1-14(2)20(22)13-23-12-16-7-9-18(10-8-16)24-19-6-4-5-17(11-19)21-15(3)25/h4-11,14-15,21,25H,12-13H2,1-3H3. The number of ketones is 1. The summed E-state index contributed by atoms with van der Waals surface area (Å²) < 4.78 is 11.3. The number of Topliss-reactive ketones (excluding diaryl/α,β-unsaturated/α-hetero) is 1. The van der Waals surface area contributed by atoms with Gasteiger partial charge in [0, 0.05) is 17.7 Å². The zero-order valence-electron chi connectivity index (χ0n) is 14.9. The minimum Gasteiger partial charge on any atom is -0.457 e. The minimum atomic E-state index is 0.00608. The maximum Gasteiger partial charge on any atom is 0.160 e. The summed E-state index contributed by atoms with van der Waals surface area (Å²) in [4.78, 5) is 11.5. The van der Waals surface area contributed by atoms with Crippen molar-refractivity contribution < 1.29 is 14.3 Å². The normalized spacial score (nSPS) is 12.0. The first kappa shape index (κ1) is 19.3. The van der Waals surface area contributed by atoms with Crippen LogP contribution in [0.5, 0.6) is 11.5 Å². The Kier molecular flexibility index (Phi) is 7.34. The highest BCUT2D eigenvalue weighted by Crippen LogP contribution is 2.25. The maximum atomic E-state index is 11.5. The van der Waals surface area contributed by atoms with Crippen LogP contribution in [0.4, 0.5) is 5.69 Å². The summed E-state index contributed by atoms with van der Waals surface area (Å²) in [6, 6.07) is 15.4. The van der Waals surface area contributed by atoms with E-state index in [1.165, 1.54) is 0 Å². The molecule has 5 heteroatoms. The van der Waals surface area contributed by atoms with Gasteiger partial charge in [-0.05, 0) is 36.8 Å². The molecule has 0 saturated carbocycles. The zero-order valence-corrected chi connectivity index (χ0v) is 15.8. The SMILES string of the molecule is CC(S)Nc1cccc(Oc2ccc(COCC(=O)C(C)C)cc2)c1. The van der Waals surface area contributed by atoms with Crippen molar-refractivity contribution in [3.05, 3.63) is 54.1 Å². The number of anilines is 1. The molecule has 4 nitrogen and oxygen atoms in total. The van der Waals surface area contributed by atoms with Crippen molar-refractivity contribution in [2.45, 2.75) is 32.8 Å². The molecule has 0 aromatic heterocycles. The van der Waals surface area contributed by atoms with Gasteiger partial charge in [0.05, 0.1) is 12.0 Å². The fraction of sp³-hybridized carbons (Fsp3) is 0.350. The van der Waals surface area contributed by atoms with Crippen LogP contribution in [-0.4, -0.2) is 17.8 Å². The summed E-state index contributed by atoms with van der Waals surface area (Å²) in [6.45, 7) is 6.28. The van der Waals surface area contributed by atoms with Crippen molar-refractivity contribution in [1.29, 1.82) is 0 Å². The summed E-state index contributed by atoms with van der Waals surface area (Å²) in [5.74, 6) is 1.62. The first-order valence-corrected chi connectivity index (χ1v) is 8.87. The number of rotatable bonds is 9.